The van der Waals surface area contributed by atoms with Crippen LogP contribution in [0.15, 0.2) is 29.9 Å². The molecule has 0 aliphatic heterocycles. The SMILES string of the molecule is CC(NC(=O)NCc1ccc(C(=O)O)nc1)c1nccs1. The molecule has 0 aromatic carbocycles. The second-order valence-corrected chi connectivity index (χ2v) is 5.20. The van der Waals surface area contributed by atoms with Crippen LogP contribution in [0.25, 0.3) is 0 Å². The van der Waals surface area contributed by atoms with Crippen LogP contribution in [0.4, 0.5) is 4.79 Å². The maximum atomic E-state index is 11.7. The Balaban J connectivity index is 1.82. The molecule has 2 heterocycles. The van der Waals surface area contributed by atoms with Crippen molar-refractivity contribution < 1.29 is 14.7 Å². The summed E-state index contributed by atoms with van der Waals surface area (Å²) in [5, 5.41) is 16.9. The van der Waals surface area contributed by atoms with Crippen LogP contribution < -0.4 is 10.6 Å². The molecule has 110 valence electrons. The van der Waals surface area contributed by atoms with Crippen molar-refractivity contribution in [2.75, 3.05) is 0 Å². The molecule has 1 atom stereocenters. The van der Waals surface area contributed by atoms with Crippen LogP contribution in [0.5, 0.6) is 0 Å². The maximum Gasteiger partial charge on any atom is 0.354 e. The number of rotatable bonds is 5. The van der Waals surface area contributed by atoms with E-state index in [1.54, 1.807) is 12.3 Å². The summed E-state index contributed by atoms with van der Waals surface area (Å²) in [4.78, 5) is 30.3. The number of hydrogen-bond donors (Lipinski definition) is 3. The van der Waals surface area contributed by atoms with E-state index >= 15 is 0 Å². The number of carbonyl (C=O) groups is 2. The normalized spacial score (nSPS) is 11.7. The lowest BCUT2D eigenvalue weighted by Crippen LogP contribution is -2.36. The summed E-state index contributed by atoms with van der Waals surface area (Å²) in [6.07, 6.45) is 3.11. The van der Waals surface area contributed by atoms with Crippen LogP contribution in [0.1, 0.15) is 34.0 Å². The largest absolute Gasteiger partial charge is 0.477 e. The number of hydrogen-bond acceptors (Lipinski definition) is 5. The topological polar surface area (TPSA) is 104 Å². The minimum Gasteiger partial charge on any atom is -0.477 e. The molecule has 8 heteroatoms. The fourth-order valence-electron chi connectivity index (χ4n) is 1.60. The van der Waals surface area contributed by atoms with Crippen molar-refractivity contribution in [2.24, 2.45) is 0 Å². The first kappa shape index (κ1) is 14.9. The molecule has 2 aromatic heterocycles. The lowest BCUT2D eigenvalue weighted by atomic mass is 10.2. The van der Waals surface area contributed by atoms with Gasteiger partial charge in [0.15, 0.2) is 0 Å². The molecular formula is C13H14N4O3S. The van der Waals surface area contributed by atoms with E-state index in [-0.39, 0.29) is 24.3 Å². The first-order valence-corrected chi connectivity index (χ1v) is 7.06. The summed E-state index contributed by atoms with van der Waals surface area (Å²) >= 11 is 1.47. The molecule has 2 amide bonds. The maximum absolute atomic E-state index is 11.7. The molecule has 1 unspecified atom stereocenters. The molecule has 21 heavy (non-hydrogen) atoms. The van der Waals surface area contributed by atoms with Gasteiger partial charge in [0.1, 0.15) is 10.7 Å². The summed E-state index contributed by atoms with van der Waals surface area (Å²) in [6.45, 7) is 2.12. The molecule has 0 saturated carbocycles. The van der Waals surface area contributed by atoms with Gasteiger partial charge in [0.25, 0.3) is 0 Å². The number of thiazole rings is 1. The summed E-state index contributed by atoms with van der Waals surface area (Å²) in [5.74, 6) is -1.08. The number of aromatic carboxylic acids is 1. The fourth-order valence-corrected chi connectivity index (χ4v) is 2.24. The second kappa shape index (κ2) is 6.80. The first-order chi connectivity index (χ1) is 10.1. The number of carboxylic acids is 1. The number of carbonyl (C=O) groups excluding carboxylic acids is 1. The second-order valence-electron chi connectivity index (χ2n) is 4.28. The van der Waals surface area contributed by atoms with Crippen molar-refractivity contribution in [1.29, 1.82) is 0 Å². The third kappa shape index (κ3) is 4.25. The number of aromatic nitrogens is 2. The zero-order valence-electron chi connectivity index (χ0n) is 11.2. The highest BCUT2D eigenvalue weighted by Crippen LogP contribution is 2.14. The molecule has 0 aliphatic carbocycles. The highest BCUT2D eigenvalue weighted by Gasteiger charge is 2.11. The average molecular weight is 306 g/mol. The number of pyridine rings is 1. The van der Waals surface area contributed by atoms with Gasteiger partial charge >= 0.3 is 12.0 Å². The number of carboxylic acid groups (broad SMARTS) is 1. The molecule has 3 N–H and O–H groups in total. The van der Waals surface area contributed by atoms with Gasteiger partial charge in [0.05, 0.1) is 6.04 Å². The van der Waals surface area contributed by atoms with Gasteiger partial charge in [-0.25, -0.2) is 19.6 Å². The summed E-state index contributed by atoms with van der Waals surface area (Å²) in [6, 6.07) is 2.52. The highest BCUT2D eigenvalue weighted by atomic mass is 32.1. The monoisotopic (exact) mass is 306 g/mol. The molecule has 0 radical (unpaired) electrons. The quantitative estimate of drug-likeness (QED) is 0.781. The highest BCUT2D eigenvalue weighted by molar-refractivity contribution is 7.09. The van der Waals surface area contributed by atoms with Crippen LogP contribution in [0.2, 0.25) is 0 Å². The molecule has 0 bridgehead atoms. The third-order valence-corrected chi connectivity index (χ3v) is 3.62. The van der Waals surface area contributed by atoms with E-state index < -0.39 is 5.97 Å². The molecule has 0 aliphatic rings. The Morgan fingerprint density at radius 3 is 2.76 bits per heavy atom. The number of nitrogens with zero attached hydrogens (tertiary/aromatic N) is 2. The van der Waals surface area contributed by atoms with Crippen LogP contribution in [-0.4, -0.2) is 27.1 Å². The van der Waals surface area contributed by atoms with Crippen molar-refractivity contribution in [3.05, 3.63) is 46.2 Å². The first-order valence-electron chi connectivity index (χ1n) is 6.18. The van der Waals surface area contributed by atoms with Crippen molar-refractivity contribution in [3.63, 3.8) is 0 Å². The molecule has 0 fully saturated rings. The zero-order chi connectivity index (χ0) is 15.2. The van der Waals surface area contributed by atoms with Gasteiger partial charge < -0.3 is 15.7 Å². The molecule has 0 spiro atoms. The van der Waals surface area contributed by atoms with Gasteiger partial charge in [0, 0.05) is 24.3 Å². The lowest BCUT2D eigenvalue weighted by Gasteiger charge is -2.12. The van der Waals surface area contributed by atoms with E-state index in [1.165, 1.54) is 23.6 Å². The smallest absolute Gasteiger partial charge is 0.354 e. The number of amides is 2. The van der Waals surface area contributed by atoms with E-state index in [2.05, 4.69) is 20.6 Å². The predicted octanol–water partition coefficient (Wildman–Crippen LogP) is 1.80. The summed E-state index contributed by atoms with van der Waals surface area (Å²) in [7, 11) is 0. The Hall–Kier alpha value is -2.48. The van der Waals surface area contributed by atoms with E-state index in [0.717, 1.165) is 10.6 Å². The molecular weight excluding hydrogens is 292 g/mol. The van der Waals surface area contributed by atoms with E-state index in [9.17, 15) is 9.59 Å². The standard InChI is InChI=1S/C13H14N4O3S/c1-8(11-14-4-5-21-11)17-13(20)16-7-9-2-3-10(12(18)19)15-6-9/h2-6,8H,7H2,1H3,(H,18,19)(H2,16,17,20). The van der Waals surface area contributed by atoms with Crippen LogP contribution >= 0.6 is 11.3 Å². The van der Waals surface area contributed by atoms with Gasteiger partial charge in [-0.3, -0.25) is 0 Å². The molecule has 2 aromatic rings. The van der Waals surface area contributed by atoms with E-state index in [0.29, 0.717) is 0 Å². The van der Waals surface area contributed by atoms with Crippen LogP contribution in [0.3, 0.4) is 0 Å². The van der Waals surface area contributed by atoms with Gasteiger partial charge in [-0.2, -0.15) is 0 Å². The van der Waals surface area contributed by atoms with Crippen molar-refractivity contribution in [3.8, 4) is 0 Å². The molecule has 7 nitrogen and oxygen atoms in total. The van der Waals surface area contributed by atoms with Crippen molar-refractivity contribution in [1.82, 2.24) is 20.6 Å². The zero-order valence-corrected chi connectivity index (χ0v) is 12.1. The third-order valence-electron chi connectivity index (χ3n) is 2.67. The predicted molar refractivity (Wildman–Crippen MR) is 77.1 cm³/mol. The number of nitrogens with one attached hydrogen (secondary N) is 2. The molecule has 2 rings (SSSR count). The molecule has 0 saturated heterocycles. The minimum atomic E-state index is -1.08. The summed E-state index contributed by atoms with van der Waals surface area (Å²) < 4.78 is 0. The van der Waals surface area contributed by atoms with Crippen molar-refractivity contribution >= 4 is 23.3 Å². The Labute approximate surface area is 125 Å². The van der Waals surface area contributed by atoms with Crippen LogP contribution in [-0.2, 0) is 6.54 Å². The average Bonchev–Trinajstić information content (AvgIpc) is 3.00. The lowest BCUT2D eigenvalue weighted by molar-refractivity contribution is 0.0690. The van der Waals surface area contributed by atoms with Gasteiger partial charge in [-0.1, -0.05) is 6.07 Å². The number of urea groups is 1. The fraction of sp³-hybridized carbons (Fsp3) is 0.231. The van der Waals surface area contributed by atoms with E-state index in [4.69, 9.17) is 5.11 Å². The van der Waals surface area contributed by atoms with E-state index in [1.807, 2.05) is 12.3 Å². The van der Waals surface area contributed by atoms with Gasteiger partial charge in [-0.05, 0) is 18.6 Å². The Bertz CT molecular complexity index is 613. The Morgan fingerprint density at radius 1 is 1.38 bits per heavy atom. The van der Waals surface area contributed by atoms with Gasteiger partial charge in [-0.15, -0.1) is 11.3 Å². The Kier molecular flexibility index (Phi) is 4.83. The van der Waals surface area contributed by atoms with Crippen LogP contribution in [0, 0.1) is 0 Å². The summed E-state index contributed by atoms with van der Waals surface area (Å²) in [5.41, 5.74) is 0.692. The Morgan fingerprint density at radius 2 is 2.19 bits per heavy atom. The van der Waals surface area contributed by atoms with Crippen molar-refractivity contribution in [2.45, 2.75) is 19.5 Å². The minimum absolute atomic E-state index is 0.0272. The van der Waals surface area contributed by atoms with Gasteiger partial charge in [0.2, 0.25) is 0 Å².